The van der Waals surface area contributed by atoms with E-state index in [-0.39, 0.29) is 0 Å². The molecule has 1 aromatic heterocycles. The van der Waals surface area contributed by atoms with Gasteiger partial charge in [-0.2, -0.15) is 0 Å². The second-order valence-electron chi connectivity index (χ2n) is 8.45. The molecule has 1 saturated heterocycles. The number of carbonyl (C=O) groups excluding carboxylic acids is 1. The summed E-state index contributed by atoms with van der Waals surface area (Å²) in [6.07, 6.45) is 9.91. The molecule has 3 N–H and O–H groups in total. The number of rotatable bonds is 7. The van der Waals surface area contributed by atoms with E-state index in [1.165, 1.54) is 63.6 Å². The highest BCUT2D eigenvalue weighted by Gasteiger charge is 2.19. The number of aromatic nitrogens is 1. The largest absolute Gasteiger partial charge is 0.365 e. The van der Waals surface area contributed by atoms with E-state index in [0.29, 0.717) is 17.3 Å². The maximum absolute atomic E-state index is 11.9. The zero-order chi connectivity index (χ0) is 20.1. The van der Waals surface area contributed by atoms with Gasteiger partial charge in [0.1, 0.15) is 5.82 Å². The Hall–Kier alpha value is -2.40. The number of carbonyl (C=O) groups is 1. The van der Waals surface area contributed by atoms with Crippen LogP contribution in [0.3, 0.4) is 0 Å². The van der Waals surface area contributed by atoms with Crippen LogP contribution in [0.25, 0.3) is 0 Å². The van der Waals surface area contributed by atoms with E-state index in [2.05, 4.69) is 34.5 Å². The molecule has 2 aromatic rings. The van der Waals surface area contributed by atoms with Crippen molar-refractivity contribution in [1.82, 2.24) is 9.88 Å². The van der Waals surface area contributed by atoms with Crippen molar-refractivity contribution in [2.45, 2.75) is 57.3 Å². The van der Waals surface area contributed by atoms with E-state index in [4.69, 9.17) is 10.7 Å². The molecule has 2 aliphatic rings. The van der Waals surface area contributed by atoms with Gasteiger partial charge in [0, 0.05) is 23.8 Å². The Labute approximate surface area is 173 Å². The molecule has 2 heterocycles. The molecule has 1 aliphatic heterocycles. The van der Waals surface area contributed by atoms with Crippen molar-refractivity contribution in [2.75, 3.05) is 25.0 Å². The van der Waals surface area contributed by atoms with Gasteiger partial charge in [-0.15, -0.1) is 0 Å². The fourth-order valence-electron chi connectivity index (χ4n) is 4.58. The maximum atomic E-state index is 11.9. The average molecular weight is 393 g/mol. The van der Waals surface area contributed by atoms with Gasteiger partial charge in [0.15, 0.2) is 0 Å². The summed E-state index contributed by atoms with van der Waals surface area (Å²) in [6.45, 7) is 3.60. The fourth-order valence-corrected chi connectivity index (χ4v) is 4.58. The molecule has 1 aromatic carbocycles. The van der Waals surface area contributed by atoms with E-state index >= 15 is 0 Å². The van der Waals surface area contributed by atoms with Crippen molar-refractivity contribution in [3.63, 3.8) is 0 Å². The molecule has 154 valence electrons. The first-order valence-electron chi connectivity index (χ1n) is 11.1. The number of hydrogen-bond donors (Lipinski definition) is 2. The van der Waals surface area contributed by atoms with Gasteiger partial charge in [-0.3, -0.25) is 4.79 Å². The zero-order valence-electron chi connectivity index (χ0n) is 17.2. The quantitative estimate of drug-likeness (QED) is 0.722. The van der Waals surface area contributed by atoms with E-state index in [1.54, 1.807) is 0 Å². The number of hydrogen-bond acceptors (Lipinski definition) is 4. The van der Waals surface area contributed by atoms with Crippen LogP contribution < -0.4 is 11.1 Å². The predicted molar refractivity (Wildman–Crippen MR) is 118 cm³/mol. The van der Waals surface area contributed by atoms with Crippen LogP contribution in [0.15, 0.2) is 36.4 Å². The lowest BCUT2D eigenvalue weighted by molar-refractivity contribution is 0.100. The Kier molecular flexibility index (Phi) is 6.45. The molecule has 1 saturated carbocycles. The van der Waals surface area contributed by atoms with Gasteiger partial charge in [0.05, 0.1) is 5.56 Å². The highest BCUT2D eigenvalue weighted by atomic mass is 16.1. The Bertz CT molecular complexity index is 821. The summed E-state index contributed by atoms with van der Waals surface area (Å²) in [5.41, 5.74) is 9.38. The lowest BCUT2D eigenvalue weighted by Crippen LogP contribution is -2.21. The molecule has 2 fully saturated rings. The molecular weight excluding hydrogens is 360 g/mol. The summed E-state index contributed by atoms with van der Waals surface area (Å²) < 4.78 is 0. The van der Waals surface area contributed by atoms with Crippen molar-refractivity contribution in [2.24, 2.45) is 5.73 Å². The number of likely N-dealkylation sites (tertiary alicyclic amines) is 1. The summed E-state index contributed by atoms with van der Waals surface area (Å²) >= 11 is 0. The minimum absolute atomic E-state index is 0.447. The standard InChI is InChI=1S/C24H32N4O/c25-23(29)21-12-13-22(19-6-2-1-3-7-19)27-24(21)26-20-10-8-18(9-11-20)14-17-28-15-4-5-16-28/h8-13,19H,1-7,14-17H2,(H2,25,29)(H,26,27). The Balaban J connectivity index is 1.45. The van der Waals surface area contributed by atoms with Gasteiger partial charge >= 0.3 is 0 Å². The molecular formula is C24H32N4O. The zero-order valence-corrected chi connectivity index (χ0v) is 17.2. The molecule has 1 aliphatic carbocycles. The van der Waals surface area contributed by atoms with Gasteiger partial charge in [-0.1, -0.05) is 31.4 Å². The number of nitrogens with zero attached hydrogens (tertiary/aromatic N) is 2. The van der Waals surface area contributed by atoms with E-state index < -0.39 is 5.91 Å². The number of anilines is 2. The Morgan fingerprint density at radius 1 is 1.00 bits per heavy atom. The first kappa shape index (κ1) is 19.9. The molecule has 0 radical (unpaired) electrons. The van der Waals surface area contributed by atoms with Gasteiger partial charge in [-0.05, 0) is 75.0 Å². The number of amides is 1. The summed E-state index contributed by atoms with van der Waals surface area (Å²) in [5.74, 6) is 0.613. The van der Waals surface area contributed by atoms with Gasteiger partial charge in [-0.25, -0.2) is 4.98 Å². The monoisotopic (exact) mass is 392 g/mol. The van der Waals surface area contributed by atoms with Crippen LogP contribution in [-0.2, 0) is 6.42 Å². The van der Waals surface area contributed by atoms with Crippen LogP contribution in [0.2, 0.25) is 0 Å². The first-order valence-corrected chi connectivity index (χ1v) is 11.1. The summed E-state index contributed by atoms with van der Waals surface area (Å²) in [7, 11) is 0. The van der Waals surface area contributed by atoms with E-state index in [9.17, 15) is 4.79 Å². The average Bonchev–Trinajstić information content (AvgIpc) is 3.27. The van der Waals surface area contributed by atoms with Gasteiger partial charge < -0.3 is 16.0 Å². The number of nitrogens with two attached hydrogens (primary N) is 1. The third-order valence-electron chi connectivity index (χ3n) is 6.34. The molecule has 29 heavy (non-hydrogen) atoms. The maximum Gasteiger partial charge on any atom is 0.252 e. The highest BCUT2D eigenvalue weighted by molar-refractivity contribution is 5.98. The Morgan fingerprint density at radius 2 is 1.72 bits per heavy atom. The summed E-state index contributed by atoms with van der Waals surface area (Å²) in [5, 5.41) is 3.34. The lowest BCUT2D eigenvalue weighted by atomic mass is 9.86. The number of nitrogens with one attached hydrogen (secondary N) is 1. The van der Waals surface area contributed by atoms with E-state index in [1.807, 2.05) is 12.1 Å². The minimum Gasteiger partial charge on any atom is -0.365 e. The third kappa shape index (κ3) is 5.15. The van der Waals surface area contributed by atoms with Crippen LogP contribution in [0, 0.1) is 0 Å². The molecule has 0 spiro atoms. The molecule has 1 amide bonds. The molecule has 4 rings (SSSR count). The Morgan fingerprint density at radius 3 is 2.41 bits per heavy atom. The SMILES string of the molecule is NC(=O)c1ccc(C2CCCCC2)nc1Nc1ccc(CCN2CCCC2)cc1. The van der Waals surface area contributed by atoms with Gasteiger partial charge in [0.2, 0.25) is 0 Å². The van der Waals surface area contributed by atoms with Crippen LogP contribution in [0.4, 0.5) is 11.5 Å². The van der Waals surface area contributed by atoms with Crippen molar-refractivity contribution in [3.05, 3.63) is 53.2 Å². The van der Waals surface area contributed by atoms with Crippen LogP contribution in [0.1, 0.15) is 72.5 Å². The highest BCUT2D eigenvalue weighted by Crippen LogP contribution is 2.33. The molecule has 0 atom stereocenters. The lowest BCUT2D eigenvalue weighted by Gasteiger charge is -2.22. The molecule has 0 unspecified atom stereocenters. The van der Waals surface area contributed by atoms with Crippen molar-refractivity contribution < 1.29 is 4.79 Å². The van der Waals surface area contributed by atoms with Crippen LogP contribution in [-0.4, -0.2) is 35.4 Å². The molecule has 0 bridgehead atoms. The van der Waals surface area contributed by atoms with Crippen molar-refractivity contribution in [3.8, 4) is 0 Å². The van der Waals surface area contributed by atoms with Crippen molar-refractivity contribution in [1.29, 1.82) is 0 Å². The van der Waals surface area contributed by atoms with Gasteiger partial charge in [0.25, 0.3) is 5.91 Å². The number of benzene rings is 1. The fraction of sp³-hybridized carbons (Fsp3) is 0.500. The predicted octanol–water partition coefficient (Wildman–Crippen LogP) is 4.61. The topological polar surface area (TPSA) is 71.2 Å². The van der Waals surface area contributed by atoms with E-state index in [0.717, 1.165) is 24.3 Å². The normalized spacial score (nSPS) is 18.1. The van der Waals surface area contributed by atoms with Crippen LogP contribution >= 0.6 is 0 Å². The minimum atomic E-state index is -0.447. The number of primary amides is 1. The first-order chi connectivity index (χ1) is 14.2. The number of pyridine rings is 1. The summed E-state index contributed by atoms with van der Waals surface area (Å²) in [4.78, 5) is 19.2. The van der Waals surface area contributed by atoms with Crippen molar-refractivity contribution >= 4 is 17.4 Å². The van der Waals surface area contributed by atoms with Crippen LogP contribution in [0.5, 0.6) is 0 Å². The second-order valence-corrected chi connectivity index (χ2v) is 8.45. The molecule has 5 nitrogen and oxygen atoms in total. The summed E-state index contributed by atoms with van der Waals surface area (Å²) in [6, 6.07) is 12.3. The molecule has 5 heteroatoms. The second kappa shape index (κ2) is 9.40. The third-order valence-corrected chi connectivity index (χ3v) is 6.34. The smallest absolute Gasteiger partial charge is 0.252 e.